The summed E-state index contributed by atoms with van der Waals surface area (Å²) >= 11 is 6.08. The first-order valence-corrected chi connectivity index (χ1v) is 13.6. The monoisotopic (exact) mass is 527 g/mol. The van der Waals surface area contributed by atoms with E-state index in [1.54, 1.807) is 11.1 Å². The number of carbonyl (C=O) groups is 1. The Balaban J connectivity index is 1.32. The van der Waals surface area contributed by atoms with E-state index in [0.717, 1.165) is 31.5 Å². The van der Waals surface area contributed by atoms with Gasteiger partial charge in [-0.25, -0.2) is 9.38 Å². The Labute approximate surface area is 222 Å². The normalized spacial score (nSPS) is 29.8. The highest BCUT2D eigenvalue weighted by Crippen LogP contribution is 2.41. The summed E-state index contributed by atoms with van der Waals surface area (Å²) in [5.74, 6) is 0.709. The Kier molecular flexibility index (Phi) is 7.41. The molecule has 5 rings (SSSR count). The smallest absolute Gasteiger partial charge is 0.258 e. The molecule has 0 aliphatic carbocycles. The van der Waals surface area contributed by atoms with Crippen molar-refractivity contribution in [3.8, 4) is 5.75 Å². The number of benzene rings is 1. The molecule has 3 saturated heterocycles. The van der Waals surface area contributed by atoms with Crippen molar-refractivity contribution in [3.63, 3.8) is 0 Å². The zero-order chi connectivity index (χ0) is 26.3. The zero-order valence-corrected chi connectivity index (χ0v) is 22.4. The van der Waals surface area contributed by atoms with E-state index in [2.05, 4.69) is 29.1 Å². The SMILES string of the molecule is CCCCN1C2CC(Oc3cc(F)ccc3C(=O)N3CC(=N)/C(=C4/N=CC(Cl)=C(C)N4)C3)CC1C(C)C2. The summed E-state index contributed by atoms with van der Waals surface area (Å²) in [5.41, 5.74) is 2.03. The second-order valence-corrected chi connectivity index (χ2v) is 11.1. The molecule has 0 spiro atoms. The number of likely N-dealkylation sites (tertiary alicyclic amines) is 1. The number of carbonyl (C=O) groups excluding carboxylic acids is 1. The predicted octanol–water partition coefficient (Wildman–Crippen LogP) is 5.08. The molecule has 4 heterocycles. The highest BCUT2D eigenvalue weighted by Gasteiger charge is 2.45. The number of nitrogens with one attached hydrogen (secondary N) is 2. The number of hydrogen-bond donors (Lipinski definition) is 2. The molecule has 1 aromatic carbocycles. The van der Waals surface area contributed by atoms with Crippen LogP contribution in [0.15, 0.2) is 45.3 Å². The third-order valence-electron chi connectivity index (χ3n) is 8.08. The largest absolute Gasteiger partial charge is 0.489 e. The molecule has 2 bridgehead atoms. The molecule has 9 heteroatoms. The van der Waals surface area contributed by atoms with Crippen molar-refractivity contribution in [1.29, 1.82) is 5.41 Å². The minimum atomic E-state index is -0.430. The summed E-state index contributed by atoms with van der Waals surface area (Å²) in [6, 6.07) is 5.06. The molecular formula is C28H35ClFN5O2. The number of hydrogen-bond acceptors (Lipinski definition) is 6. The van der Waals surface area contributed by atoms with E-state index in [4.69, 9.17) is 21.7 Å². The van der Waals surface area contributed by atoms with Gasteiger partial charge in [0, 0.05) is 42.1 Å². The number of nitrogens with zero attached hydrogens (tertiary/aromatic N) is 3. The van der Waals surface area contributed by atoms with Crippen LogP contribution in [-0.2, 0) is 0 Å². The van der Waals surface area contributed by atoms with Crippen LogP contribution in [0.4, 0.5) is 4.39 Å². The fraction of sp³-hybridized carbons (Fsp3) is 0.536. The molecule has 2 N–H and O–H groups in total. The number of allylic oxidation sites excluding steroid dienone is 2. The number of ether oxygens (including phenoxy) is 1. The number of rotatable bonds is 6. The van der Waals surface area contributed by atoms with E-state index in [-0.39, 0.29) is 30.9 Å². The van der Waals surface area contributed by atoms with Crippen LogP contribution in [0.1, 0.15) is 63.2 Å². The van der Waals surface area contributed by atoms with Gasteiger partial charge in [0.2, 0.25) is 0 Å². The third-order valence-corrected chi connectivity index (χ3v) is 8.46. The van der Waals surface area contributed by atoms with E-state index in [1.807, 2.05) is 6.92 Å². The van der Waals surface area contributed by atoms with Crippen molar-refractivity contribution < 1.29 is 13.9 Å². The van der Waals surface area contributed by atoms with Crippen LogP contribution in [0.3, 0.4) is 0 Å². The van der Waals surface area contributed by atoms with Crippen LogP contribution in [0.5, 0.6) is 5.75 Å². The number of piperidine rings is 1. The summed E-state index contributed by atoms with van der Waals surface area (Å²) in [4.78, 5) is 22.1. The number of halogens is 2. The number of fused-ring (bicyclic) bond motifs is 2. The first kappa shape index (κ1) is 25.9. The lowest BCUT2D eigenvalue weighted by molar-refractivity contribution is 0.0420. The highest BCUT2D eigenvalue weighted by atomic mass is 35.5. The van der Waals surface area contributed by atoms with Crippen molar-refractivity contribution >= 4 is 29.4 Å². The van der Waals surface area contributed by atoms with Crippen LogP contribution < -0.4 is 10.1 Å². The second kappa shape index (κ2) is 10.6. The fourth-order valence-corrected chi connectivity index (χ4v) is 6.22. The lowest BCUT2D eigenvalue weighted by Crippen LogP contribution is -2.47. The summed E-state index contributed by atoms with van der Waals surface area (Å²) < 4.78 is 20.7. The van der Waals surface area contributed by atoms with Crippen molar-refractivity contribution in [2.75, 3.05) is 19.6 Å². The molecule has 4 aliphatic heterocycles. The second-order valence-electron chi connectivity index (χ2n) is 10.7. The molecule has 1 amide bonds. The fourth-order valence-electron chi connectivity index (χ4n) is 6.12. The molecule has 4 atom stereocenters. The van der Waals surface area contributed by atoms with Crippen LogP contribution in [0.25, 0.3) is 0 Å². The van der Waals surface area contributed by atoms with Gasteiger partial charge in [-0.05, 0) is 50.8 Å². The highest BCUT2D eigenvalue weighted by molar-refractivity contribution is 6.39. The summed E-state index contributed by atoms with van der Waals surface area (Å²) in [5, 5.41) is 12.1. The lowest BCUT2D eigenvalue weighted by atomic mass is 9.96. The third kappa shape index (κ3) is 5.18. The maximum absolute atomic E-state index is 14.3. The van der Waals surface area contributed by atoms with Crippen LogP contribution in [0.2, 0.25) is 0 Å². The molecule has 0 radical (unpaired) electrons. The average Bonchev–Trinajstić information content (AvgIpc) is 3.33. The molecule has 1 aromatic rings. The Bertz CT molecular complexity index is 1200. The lowest BCUT2D eigenvalue weighted by Gasteiger charge is -2.39. The number of aliphatic imine (C=N–C) groups is 1. The standard InChI is InChI=1S/C28H35ClFN5O2/c1-4-5-8-35-19-9-16(2)25(35)12-20(11-19)37-26-10-18(30)6-7-21(26)28(36)34-14-22(24(31)15-34)27-32-13-23(29)17(3)33-27/h6-7,10,13,16,19-20,25,31,33H,4-5,8-9,11-12,14-15H2,1-3H3/b27-22-,31-24?. The predicted molar refractivity (Wildman–Crippen MR) is 144 cm³/mol. The molecule has 198 valence electrons. The van der Waals surface area contributed by atoms with Crippen LogP contribution >= 0.6 is 11.6 Å². The Hall–Kier alpha value is -2.71. The quantitative estimate of drug-likeness (QED) is 0.541. The van der Waals surface area contributed by atoms with Gasteiger partial charge in [-0.3, -0.25) is 9.69 Å². The van der Waals surface area contributed by atoms with Gasteiger partial charge in [-0.2, -0.15) is 0 Å². The molecule has 4 aliphatic rings. The first-order valence-electron chi connectivity index (χ1n) is 13.2. The average molecular weight is 528 g/mol. The van der Waals surface area contributed by atoms with Gasteiger partial charge >= 0.3 is 0 Å². The van der Waals surface area contributed by atoms with E-state index >= 15 is 0 Å². The molecule has 37 heavy (non-hydrogen) atoms. The Morgan fingerprint density at radius 2 is 2.11 bits per heavy atom. The molecular weight excluding hydrogens is 493 g/mol. The van der Waals surface area contributed by atoms with Crippen LogP contribution in [0, 0.1) is 17.1 Å². The van der Waals surface area contributed by atoms with Gasteiger partial charge in [0.1, 0.15) is 23.5 Å². The van der Waals surface area contributed by atoms with E-state index < -0.39 is 5.82 Å². The van der Waals surface area contributed by atoms with Crippen LogP contribution in [-0.4, -0.2) is 65.5 Å². The number of amides is 1. The molecule has 4 unspecified atom stereocenters. The van der Waals surface area contributed by atoms with Gasteiger partial charge < -0.3 is 20.4 Å². The minimum absolute atomic E-state index is 0.0546. The van der Waals surface area contributed by atoms with Crippen molar-refractivity contribution in [2.24, 2.45) is 10.9 Å². The van der Waals surface area contributed by atoms with Crippen molar-refractivity contribution in [1.82, 2.24) is 15.1 Å². The van der Waals surface area contributed by atoms with E-state index in [9.17, 15) is 9.18 Å². The molecule has 0 aromatic heterocycles. The number of unbranched alkanes of at least 4 members (excludes halogenated alkanes) is 1. The summed E-state index contributed by atoms with van der Waals surface area (Å²) in [7, 11) is 0. The Morgan fingerprint density at radius 3 is 2.84 bits per heavy atom. The maximum Gasteiger partial charge on any atom is 0.258 e. The van der Waals surface area contributed by atoms with Gasteiger partial charge in [-0.15, -0.1) is 0 Å². The maximum atomic E-state index is 14.3. The van der Waals surface area contributed by atoms with Gasteiger partial charge in [0.25, 0.3) is 5.91 Å². The minimum Gasteiger partial charge on any atom is -0.489 e. The van der Waals surface area contributed by atoms with Gasteiger partial charge in [0.05, 0.1) is 29.4 Å². The van der Waals surface area contributed by atoms with E-state index in [1.165, 1.54) is 31.0 Å². The first-order chi connectivity index (χ1) is 17.7. The molecule has 3 fully saturated rings. The zero-order valence-electron chi connectivity index (χ0n) is 21.7. The van der Waals surface area contributed by atoms with Gasteiger partial charge in [0.15, 0.2) is 0 Å². The molecule has 7 nitrogen and oxygen atoms in total. The topological polar surface area (TPSA) is 81.0 Å². The van der Waals surface area contributed by atoms with Crippen molar-refractivity contribution in [2.45, 2.75) is 71.1 Å². The Morgan fingerprint density at radius 1 is 1.30 bits per heavy atom. The van der Waals surface area contributed by atoms with E-state index in [0.29, 0.717) is 45.7 Å². The summed E-state index contributed by atoms with van der Waals surface area (Å²) in [6.45, 7) is 7.87. The molecule has 0 saturated carbocycles. The van der Waals surface area contributed by atoms with Gasteiger partial charge in [-0.1, -0.05) is 31.9 Å². The van der Waals surface area contributed by atoms with Crippen molar-refractivity contribution in [3.05, 3.63) is 51.7 Å². The summed E-state index contributed by atoms with van der Waals surface area (Å²) in [6.07, 6.45) is 6.79.